The Morgan fingerprint density at radius 1 is 0.775 bits per heavy atom. The first-order valence-electron chi connectivity index (χ1n) is 15.5. The van der Waals surface area contributed by atoms with E-state index in [1.54, 1.807) is 22.3 Å². The van der Waals surface area contributed by atoms with E-state index in [-0.39, 0.29) is 0 Å². The Balaban J connectivity index is 1.17. The lowest BCUT2D eigenvalue weighted by molar-refractivity contribution is 0.428. The van der Waals surface area contributed by atoms with Gasteiger partial charge in [0.25, 0.3) is 0 Å². The third-order valence-electron chi connectivity index (χ3n) is 9.79. The van der Waals surface area contributed by atoms with Crippen molar-refractivity contribution in [2.45, 2.75) is 74.2 Å². The van der Waals surface area contributed by atoms with Crippen LogP contribution in [-0.4, -0.2) is 9.97 Å². The SMILES string of the molecule is IC1CC=C(C2=CCC(C3=C4CCC=CC4C(N(C4=CC=CCC4)c4ccccc4)CC3)C=C2)C2=C1C=CCC2. The van der Waals surface area contributed by atoms with E-state index in [1.165, 1.54) is 61.1 Å². The highest BCUT2D eigenvalue weighted by Crippen LogP contribution is 2.47. The minimum atomic E-state index is 0.493. The van der Waals surface area contributed by atoms with E-state index in [2.05, 4.69) is 125 Å². The van der Waals surface area contributed by atoms with Gasteiger partial charge in [-0.2, -0.15) is 0 Å². The van der Waals surface area contributed by atoms with Crippen LogP contribution in [-0.2, 0) is 0 Å². The summed E-state index contributed by atoms with van der Waals surface area (Å²) >= 11 is 2.63. The number of alkyl halides is 1. The van der Waals surface area contributed by atoms with Crippen LogP contribution < -0.4 is 4.90 Å². The Kier molecular flexibility index (Phi) is 7.71. The fourth-order valence-electron chi connectivity index (χ4n) is 7.91. The largest absolute Gasteiger partial charge is 0.341 e. The second-order valence-corrected chi connectivity index (χ2v) is 13.5. The predicted octanol–water partition coefficient (Wildman–Crippen LogP) is 10.4. The van der Waals surface area contributed by atoms with Gasteiger partial charge in [-0.3, -0.25) is 0 Å². The van der Waals surface area contributed by atoms with E-state index < -0.39 is 0 Å². The lowest BCUT2D eigenvalue weighted by Gasteiger charge is -2.45. The average molecular weight is 638 g/mol. The quantitative estimate of drug-likeness (QED) is 0.176. The zero-order valence-electron chi connectivity index (χ0n) is 23.4. The number of allylic oxidation sites excluding steroid dienone is 16. The Morgan fingerprint density at radius 3 is 2.48 bits per heavy atom. The van der Waals surface area contributed by atoms with E-state index in [1.807, 2.05) is 0 Å². The molecule has 1 aromatic carbocycles. The van der Waals surface area contributed by atoms with Crippen LogP contribution in [0.2, 0.25) is 0 Å². The first-order valence-corrected chi connectivity index (χ1v) is 16.7. The van der Waals surface area contributed by atoms with Crippen LogP contribution >= 0.6 is 22.6 Å². The summed E-state index contributed by atoms with van der Waals surface area (Å²) in [6, 6.07) is 11.7. The van der Waals surface area contributed by atoms with Crippen LogP contribution in [0.5, 0.6) is 0 Å². The molecule has 2 heteroatoms. The topological polar surface area (TPSA) is 3.24 Å². The number of para-hydroxylation sites is 1. The Hall–Kier alpha value is -2.59. The predicted molar refractivity (Wildman–Crippen MR) is 179 cm³/mol. The molecular formula is C38H40IN. The lowest BCUT2D eigenvalue weighted by atomic mass is 9.69. The zero-order valence-corrected chi connectivity index (χ0v) is 25.6. The molecule has 0 amide bonds. The lowest BCUT2D eigenvalue weighted by Crippen LogP contribution is -2.43. The molecule has 1 nitrogen and oxygen atoms in total. The maximum Gasteiger partial charge on any atom is 0.0442 e. The maximum atomic E-state index is 2.70. The summed E-state index contributed by atoms with van der Waals surface area (Å²) in [7, 11) is 0. The number of halogens is 1. The Bertz CT molecular complexity index is 1420. The van der Waals surface area contributed by atoms with Gasteiger partial charge in [0.05, 0.1) is 0 Å². The molecule has 204 valence electrons. The second kappa shape index (κ2) is 11.7. The minimum Gasteiger partial charge on any atom is -0.341 e. The summed E-state index contributed by atoms with van der Waals surface area (Å²) < 4.78 is 0.628. The zero-order chi connectivity index (χ0) is 26.9. The number of nitrogens with zero attached hydrogens (tertiary/aromatic N) is 1. The van der Waals surface area contributed by atoms with Gasteiger partial charge in [-0.1, -0.05) is 113 Å². The van der Waals surface area contributed by atoms with Crippen molar-refractivity contribution in [2.75, 3.05) is 4.90 Å². The van der Waals surface area contributed by atoms with Crippen molar-refractivity contribution in [3.05, 3.63) is 136 Å². The highest BCUT2D eigenvalue weighted by Gasteiger charge is 2.38. The van der Waals surface area contributed by atoms with E-state index >= 15 is 0 Å². The third kappa shape index (κ3) is 5.02. The molecule has 4 atom stereocenters. The highest BCUT2D eigenvalue weighted by molar-refractivity contribution is 14.1. The molecule has 0 radical (unpaired) electrons. The summed E-state index contributed by atoms with van der Waals surface area (Å²) in [5.74, 6) is 1.06. The molecule has 0 saturated heterocycles. The number of anilines is 1. The monoisotopic (exact) mass is 637 g/mol. The molecule has 0 bridgehead atoms. The van der Waals surface area contributed by atoms with E-state index in [4.69, 9.17) is 0 Å². The van der Waals surface area contributed by atoms with Crippen molar-refractivity contribution >= 4 is 28.3 Å². The average Bonchev–Trinajstić information content (AvgIpc) is 3.03. The van der Waals surface area contributed by atoms with Crippen LogP contribution in [0.25, 0.3) is 0 Å². The van der Waals surface area contributed by atoms with Gasteiger partial charge < -0.3 is 4.90 Å². The normalized spacial score (nSPS) is 29.5. The second-order valence-electron chi connectivity index (χ2n) is 12.0. The number of rotatable bonds is 5. The van der Waals surface area contributed by atoms with Crippen LogP contribution in [0.3, 0.4) is 0 Å². The number of benzene rings is 1. The van der Waals surface area contributed by atoms with Crippen molar-refractivity contribution in [2.24, 2.45) is 11.8 Å². The number of fused-ring (bicyclic) bond motifs is 1. The third-order valence-corrected chi connectivity index (χ3v) is 11.0. The summed E-state index contributed by atoms with van der Waals surface area (Å²) in [6.07, 6.45) is 38.6. The molecular weight excluding hydrogens is 597 g/mol. The number of hydrogen-bond acceptors (Lipinski definition) is 1. The first kappa shape index (κ1) is 26.3. The van der Waals surface area contributed by atoms with Crippen LogP contribution in [0.15, 0.2) is 136 Å². The van der Waals surface area contributed by atoms with E-state index in [0.717, 1.165) is 25.7 Å². The van der Waals surface area contributed by atoms with E-state index in [0.29, 0.717) is 21.8 Å². The molecule has 0 spiro atoms. The van der Waals surface area contributed by atoms with Gasteiger partial charge in [-0.15, -0.1) is 0 Å². The summed E-state index contributed by atoms with van der Waals surface area (Å²) in [6.45, 7) is 0. The van der Waals surface area contributed by atoms with Gasteiger partial charge in [-0.25, -0.2) is 0 Å². The molecule has 1 aromatic rings. The first-order chi connectivity index (χ1) is 19.8. The molecule has 0 aromatic heterocycles. The van der Waals surface area contributed by atoms with Crippen LogP contribution in [0.1, 0.15) is 64.2 Å². The smallest absolute Gasteiger partial charge is 0.0442 e. The highest BCUT2D eigenvalue weighted by atomic mass is 127. The number of hydrogen-bond donors (Lipinski definition) is 0. The summed E-state index contributed by atoms with van der Waals surface area (Å²) in [4.78, 5) is 2.70. The molecule has 6 aliphatic rings. The van der Waals surface area contributed by atoms with Crippen molar-refractivity contribution in [3.8, 4) is 0 Å². The van der Waals surface area contributed by atoms with Crippen molar-refractivity contribution < 1.29 is 0 Å². The standard InChI is InChI=1S/C38H40IN/c39-37-25-23-31(33-15-7-9-17-35(33)37)27-19-21-28(22-20-27)32-24-26-38(36-18-10-8-16-34(32)36)40(29-11-3-1-4-12-29)30-13-5-2-6-14-30/h1-5,9-13,17-21,23,28,36-38H,6-8,14-16,22,24-26H2. The van der Waals surface area contributed by atoms with Crippen molar-refractivity contribution in [1.29, 1.82) is 0 Å². The van der Waals surface area contributed by atoms with Gasteiger partial charge in [0.1, 0.15) is 0 Å². The van der Waals surface area contributed by atoms with Gasteiger partial charge in [-0.05, 0) is 105 Å². The van der Waals surface area contributed by atoms with Gasteiger partial charge in [0, 0.05) is 33.2 Å². The fraction of sp³-hybridized carbons (Fsp3) is 0.368. The molecule has 0 aliphatic heterocycles. The molecule has 6 aliphatic carbocycles. The molecule has 0 heterocycles. The fourth-order valence-corrected chi connectivity index (χ4v) is 8.75. The molecule has 0 N–H and O–H groups in total. The summed E-state index contributed by atoms with van der Waals surface area (Å²) in [5.41, 5.74) is 12.5. The molecule has 0 saturated carbocycles. The maximum absolute atomic E-state index is 2.70. The van der Waals surface area contributed by atoms with Crippen LogP contribution in [0, 0.1) is 11.8 Å². The van der Waals surface area contributed by atoms with E-state index in [9.17, 15) is 0 Å². The van der Waals surface area contributed by atoms with Crippen LogP contribution in [0.4, 0.5) is 5.69 Å². The summed E-state index contributed by atoms with van der Waals surface area (Å²) in [5, 5.41) is 0. The Morgan fingerprint density at radius 2 is 1.65 bits per heavy atom. The molecule has 40 heavy (non-hydrogen) atoms. The van der Waals surface area contributed by atoms with Crippen molar-refractivity contribution in [3.63, 3.8) is 0 Å². The Labute approximate surface area is 254 Å². The van der Waals surface area contributed by atoms with Gasteiger partial charge in [0.2, 0.25) is 0 Å². The molecule has 4 unspecified atom stereocenters. The van der Waals surface area contributed by atoms with Crippen molar-refractivity contribution in [1.82, 2.24) is 0 Å². The van der Waals surface area contributed by atoms with Gasteiger partial charge >= 0.3 is 0 Å². The minimum absolute atomic E-state index is 0.493. The van der Waals surface area contributed by atoms with Gasteiger partial charge in [0.15, 0.2) is 0 Å². The molecule has 7 rings (SSSR count). The molecule has 0 fully saturated rings.